The fraction of sp³-hybridized carbons (Fsp3) is 1.00. The quantitative estimate of drug-likeness (QED) is 0.732. The van der Waals surface area contributed by atoms with Gasteiger partial charge in [-0.15, -0.1) is 0 Å². The maximum Gasteiger partial charge on any atom is 0.0710 e. The number of ether oxygens (including phenoxy) is 1. The third-order valence-corrected chi connectivity index (χ3v) is 3.67. The van der Waals surface area contributed by atoms with Crippen LogP contribution in [0, 0.1) is 5.92 Å². The molecule has 2 aliphatic rings. The first kappa shape index (κ1) is 10.4. The Morgan fingerprint density at radius 2 is 2.21 bits per heavy atom. The Labute approximate surface area is 86.0 Å². The molecule has 3 nitrogen and oxygen atoms in total. The first-order chi connectivity index (χ1) is 6.79. The highest BCUT2D eigenvalue weighted by atomic mass is 16.5. The van der Waals surface area contributed by atoms with Gasteiger partial charge in [-0.2, -0.15) is 0 Å². The lowest BCUT2D eigenvalue weighted by Crippen LogP contribution is -2.32. The number of methoxy groups -OCH3 is 1. The van der Waals surface area contributed by atoms with Crippen LogP contribution in [0.5, 0.6) is 0 Å². The number of aliphatic hydroxyl groups excluding tert-OH is 1. The van der Waals surface area contributed by atoms with Gasteiger partial charge in [-0.3, -0.25) is 0 Å². The van der Waals surface area contributed by atoms with Crippen LogP contribution in [-0.2, 0) is 4.74 Å². The SMILES string of the molecule is COC1CCN(CC2CCCC2O)C1. The third-order valence-electron chi connectivity index (χ3n) is 3.67. The summed E-state index contributed by atoms with van der Waals surface area (Å²) in [6, 6.07) is 0. The van der Waals surface area contributed by atoms with E-state index in [1.165, 1.54) is 12.8 Å². The standard InChI is InChI=1S/C11H21NO2/c1-14-10-5-6-12(8-10)7-9-3-2-4-11(9)13/h9-11,13H,2-8H2,1H3. The summed E-state index contributed by atoms with van der Waals surface area (Å²) in [5, 5.41) is 9.71. The maximum absolute atomic E-state index is 9.71. The summed E-state index contributed by atoms with van der Waals surface area (Å²) in [6.07, 6.45) is 4.94. The molecule has 14 heavy (non-hydrogen) atoms. The van der Waals surface area contributed by atoms with E-state index in [9.17, 15) is 5.11 Å². The zero-order chi connectivity index (χ0) is 9.97. The van der Waals surface area contributed by atoms with E-state index < -0.39 is 0 Å². The van der Waals surface area contributed by atoms with E-state index >= 15 is 0 Å². The monoisotopic (exact) mass is 199 g/mol. The number of likely N-dealkylation sites (tertiary alicyclic amines) is 1. The molecule has 0 amide bonds. The van der Waals surface area contributed by atoms with Crippen LogP contribution in [0.25, 0.3) is 0 Å². The Hall–Kier alpha value is -0.120. The zero-order valence-electron chi connectivity index (χ0n) is 8.98. The molecule has 1 aliphatic carbocycles. The van der Waals surface area contributed by atoms with Gasteiger partial charge in [-0.1, -0.05) is 6.42 Å². The number of hydrogen-bond acceptors (Lipinski definition) is 3. The van der Waals surface area contributed by atoms with E-state index in [4.69, 9.17) is 4.74 Å². The molecule has 3 atom stereocenters. The van der Waals surface area contributed by atoms with Gasteiger partial charge >= 0.3 is 0 Å². The minimum absolute atomic E-state index is 0.0448. The molecule has 0 aromatic rings. The fourth-order valence-corrected chi connectivity index (χ4v) is 2.72. The first-order valence-electron chi connectivity index (χ1n) is 5.73. The molecular weight excluding hydrogens is 178 g/mol. The lowest BCUT2D eigenvalue weighted by Gasteiger charge is -2.22. The van der Waals surface area contributed by atoms with Crippen LogP contribution in [-0.4, -0.2) is 49.0 Å². The van der Waals surface area contributed by atoms with Crippen molar-refractivity contribution in [3.8, 4) is 0 Å². The van der Waals surface area contributed by atoms with Crippen LogP contribution in [0.1, 0.15) is 25.7 Å². The summed E-state index contributed by atoms with van der Waals surface area (Å²) in [5.74, 6) is 0.519. The van der Waals surface area contributed by atoms with Crippen molar-refractivity contribution in [3.63, 3.8) is 0 Å². The lowest BCUT2D eigenvalue weighted by atomic mass is 10.1. The van der Waals surface area contributed by atoms with Crippen molar-refractivity contribution in [2.24, 2.45) is 5.92 Å². The molecule has 1 aliphatic heterocycles. The van der Waals surface area contributed by atoms with E-state index in [0.29, 0.717) is 12.0 Å². The molecular formula is C11H21NO2. The van der Waals surface area contributed by atoms with Crippen molar-refractivity contribution in [1.29, 1.82) is 0 Å². The van der Waals surface area contributed by atoms with Crippen LogP contribution in [0.2, 0.25) is 0 Å². The average Bonchev–Trinajstić information content (AvgIpc) is 2.77. The molecule has 2 fully saturated rings. The minimum Gasteiger partial charge on any atom is -0.393 e. The largest absolute Gasteiger partial charge is 0.393 e. The molecule has 2 rings (SSSR count). The molecule has 0 spiro atoms. The zero-order valence-corrected chi connectivity index (χ0v) is 8.98. The van der Waals surface area contributed by atoms with Gasteiger partial charge in [0.25, 0.3) is 0 Å². The summed E-state index contributed by atoms with van der Waals surface area (Å²) >= 11 is 0. The number of hydrogen-bond donors (Lipinski definition) is 1. The van der Waals surface area contributed by atoms with Gasteiger partial charge in [0.05, 0.1) is 12.2 Å². The molecule has 1 saturated heterocycles. The second kappa shape index (κ2) is 4.60. The van der Waals surface area contributed by atoms with Gasteiger partial charge < -0.3 is 14.7 Å². The van der Waals surface area contributed by atoms with Gasteiger partial charge in [0.15, 0.2) is 0 Å². The Bertz CT molecular complexity index is 186. The van der Waals surface area contributed by atoms with Gasteiger partial charge in [0.2, 0.25) is 0 Å². The van der Waals surface area contributed by atoms with Gasteiger partial charge in [-0.25, -0.2) is 0 Å². The summed E-state index contributed by atoms with van der Waals surface area (Å²) in [6.45, 7) is 3.27. The highest BCUT2D eigenvalue weighted by Crippen LogP contribution is 2.27. The smallest absolute Gasteiger partial charge is 0.0710 e. The predicted molar refractivity (Wildman–Crippen MR) is 55.2 cm³/mol. The van der Waals surface area contributed by atoms with Crippen LogP contribution in [0.15, 0.2) is 0 Å². The topological polar surface area (TPSA) is 32.7 Å². The summed E-state index contributed by atoms with van der Waals surface area (Å²) in [4.78, 5) is 2.44. The van der Waals surface area contributed by atoms with Crippen molar-refractivity contribution in [2.75, 3.05) is 26.7 Å². The molecule has 1 heterocycles. The van der Waals surface area contributed by atoms with Crippen molar-refractivity contribution in [2.45, 2.75) is 37.9 Å². The molecule has 0 aromatic carbocycles. The molecule has 1 N–H and O–H groups in total. The van der Waals surface area contributed by atoms with Crippen molar-refractivity contribution < 1.29 is 9.84 Å². The summed E-state index contributed by atoms with van der Waals surface area (Å²) in [5.41, 5.74) is 0. The van der Waals surface area contributed by atoms with E-state index in [0.717, 1.165) is 32.5 Å². The van der Waals surface area contributed by atoms with Crippen LogP contribution < -0.4 is 0 Å². The molecule has 1 saturated carbocycles. The molecule has 3 unspecified atom stereocenters. The van der Waals surface area contributed by atoms with Crippen LogP contribution in [0.3, 0.4) is 0 Å². The molecule has 0 bridgehead atoms. The third kappa shape index (κ3) is 2.27. The van der Waals surface area contributed by atoms with E-state index in [1.807, 2.05) is 0 Å². The molecule has 0 radical (unpaired) electrons. The average molecular weight is 199 g/mol. The van der Waals surface area contributed by atoms with Gasteiger partial charge in [-0.05, 0) is 25.2 Å². The normalized spacial score (nSPS) is 39.4. The highest BCUT2D eigenvalue weighted by molar-refractivity contribution is 4.83. The van der Waals surface area contributed by atoms with E-state index in [2.05, 4.69) is 4.90 Å². The summed E-state index contributed by atoms with van der Waals surface area (Å²) in [7, 11) is 1.79. The number of rotatable bonds is 3. The Balaban J connectivity index is 1.75. The second-order valence-electron chi connectivity index (χ2n) is 4.66. The van der Waals surface area contributed by atoms with Crippen LogP contribution >= 0.6 is 0 Å². The Kier molecular flexibility index (Phi) is 3.42. The fourth-order valence-electron chi connectivity index (χ4n) is 2.72. The van der Waals surface area contributed by atoms with Crippen molar-refractivity contribution >= 4 is 0 Å². The lowest BCUT2D eigenvalue weighted by molar-refractivity contribution is 0.0880. The number of nitrogens with zero attached hydrogens (tertiary/aromatic N) is 1. The highest BCUT2D eigenvalue weighted by Gasteiger charge is 2.30. The van der Waals surface area contributed by atoms with Crippen molar-refractivity contribution in [1.82, 2.24) is 4.90 Å². The number of aliphatic hydroxyl groups is 1. The van der Waals surface area contributed by atoms with E-state index in [1.54, 1.807) is 7.11 Å². The van der Waals surface area contributed by atoms with Gasteiger partial charge in [0.1, 0.15) is 0 Å². The Morgan fingerprint density at radius 1 is 1.36 bits per heavy atom. The predicted octanol–water partition coefficient (Wildman–Crippen LogP) is 0.868. The molecule has 0 aromatic heterocycles. The Morgan fingerprint density at radius 3 is 2.79 bits per heavy atom. The minimum atomic E-state index is -0.0448. The van der Waals surface area contributed by atoms with E-state index in [-0.39, 0.29) is 6.10 Å². The first-order valence-corrected chi connectivity index (χ1v) is 5.73. The second-order valence-corrected chi connectivity index (χ2v) is 4.66. The van der Waals surface area contributed by atoms with Gasteiger partial charge in [0, 0.05) is 26.7 Å². The molecule has 82 valence electrons. The summed E-state index contributed by atoms with van der Waals surface area (Å²) < 4.78 is 5.33. The molecule has 3 heteroatoms. The van der Waals surface area contributed by atoms with Crippen LogP contribution in [0.4, 0.5) is 0 Å². The maximum atomic E-state index is 9.71. The van der Waals surface area contributed by atoms with Crippen molar-refractivity contribution in [3.05, 3.63) is 0 Å².